The summed E-state index contributed by atoms with van der Waals surface area (Å²) < 4.78 is 5.37. The molecule has 0 aliphatic rings. The van der Waals surface area contributed by atoms with E-state index in [9.17, 15) is 24.3 Å². The molecular weight excluding hydrogens is 516 g/mol. The monoisotopic (exact) mass is 542 g/mol. The molecule has 204 valence electrons. The van der Waals surface area contributed by atoms with Crippen LogP contribution in [0, 0.1) is 0 Å². The number of carboxylic acid groups (broad SMARTS) is 3. The first-order chi connectivity index (χ1) is 18.9. The van der Waals surface area contributed by atoms with Crippen LogP contribution in [-0.2, 0) is 5.41 Å². The van der Waals surface area contributed by atoms with Gasteiger partial charge in [-0.05, 0) is 77.9 Å². The third kappa shape index (κ3) is 7.32. The lowest BCUT2D eigenvalue weighted by molar-refractivity contribution is 0.0682. The summed E-state index contributed by atoms with van der Waals surface area (Å²) in [5.74, 6) is -3.24. The summed E-state index contributed by atoms with van der Waals surface area (Å²) in [6.07, 6.45) is 0. The van der Waals surface area contributed by atoms with Crippen molar-refractivity contribution >= 4 is 23.9 Å². The van der Waals surface area contributed by atoms with E-state index in [0.717, 1.165) is 17.2 Å². The van der Waals surface area contributed by atoms with Crippen molar-refractivity contribution in [1.82, 2.24) is 0 Å². The quantitative estimate of drug-likeness (QED) is 0.169. The topological polar surface area (TPSA) is 158 Å². The van der Waals surface area contributed by atoms with Gasteiger partial charge in [0.05, 0.1) is 22.3 Å². The van der Waals surface area contributed by atoms with Crippen molar-refractivity contribution in [2.75, 3.05) is 0 Å². The number of carboxylic acids is 3. The van der Waals surface area contributed by atoms with Gasteiger partial charge in [0.1, 0.15) is 11.5 Å². The molecule has 9 heteroatoms. The first kappa shape index (κ1) is 29.1. The van der Waals surface area contributed by atoms with E-state index in [0.29, 0.717) is 5.75 Å². The molecule has 9 nitrogen and oxygen atoms in total. The van der Waals surface area contributed by atoms with E-state index in [1.165, 1.54) is 42.5 Å². The minimum atomic E-state index is -1.13. The molecule has 4 aromatic carbocycles. The number of carbonyl (C=O) groups is 4. The van der Waals surface area contributed by atoms with Crippen molar-refractivity contribution in [3.8, 4) is 11.5 Å². The number of carbonyl (C=O) groups excluding carboxylic acids is 1. The van der Waals surface area contributed by atoms with Crippen LogP contribution >= 0.6 is 0 Å². The maximum atomic E-state index is 12.2. The molecule has 0 spiro atoms. The summed E-state index contributed by atoms with van der Waals surface area (Å²) >= 11 is 0. The zero-order chi connectivity index (χ0) is 29.4. The molecule has 4 aromatic rings. The van der Waals surface area contributed by atoms with Crippen LogP contribution in [0.3, 0.4) is 0 Å². The molecule has 40 heavy (non-hydrogen) atoms. The molecular formula is C31H26O9. The minimum absolute atomic E-state index is 0.0186. The lowest BCUT2D eigenvalue weighted by Crippen LogP contribution is -2.18. The Morgan fingerprint density at radius 3 is 1.45 bits per heavy atom. The molecule has 0 radical (unpaired) electrons. The third-order valence-corrected chi connectivity index (χ3v) is 6.10. The summed E-state index contributed by atoms with van der Waals surface area (Å²) in [6.45, 7) is 4.15. The van der Waals surface area contributed by atoms with Crippen molar-refractivity contribution in [3.63, 3.8) is 0 Å². The number of hydrogen-bond acceptors (Lipinski definition) is 6. The Morgan fingerprint density at radius 1 is 0.575 bits per heavy atom. The van der Waals surface area contributed by atoms with E-state index in [1.54, 1.807) is 24.3 Å². The van der Waals surface area contributed by atoms with Gasteiger partial charge in [-0.15, -0.1) is 0 Å². The maximum Gasteiger partial charge on any atom is 0.343 e. The Morgan fingerprint density at radius 2 is 1.00 bits per heavy atom. The van der Waals surface area contributed by atoms with E-state index in [-0.39, 0.29) is 33.4 Å². The number of hydrogen-bond donors (Lipinski definition) is 4. The largest absolute Gasteiger partial charge is 0.508 e. The lowest BCUT2D eigenvalue weighted by atomic mass is 9.78. The van der Waals surface area contributed by atoms with Gasteiger partial charge < -0.3 is 25.2 Å². The van der Waals surface area contributed by atoms with Gasteiger partial charge in [-0.25, -0.2) is 19.2 Å². The molecule has 0 unspecified atom stereocenters. The van der Waals surface area contributed by atoms with Crippen molar-refractivity contribution in [2.45, 2.75) is 19.3 Å². The van der Waals surface area contributed by atoms with Crippen molar-refractivity contribution in [2.24, 2.45) is 0 Å². The van der Waals surface area contributed by atoms with Gasteiger partial charge >= 0.3 is 23.9 Å². The molecule has 0 bridgehead atoms. The molecule has 0 atom stereocenters. The zero-order valence-electron chi connectivity index (χ0n) is 21.6. The Labute approximate surface area is 229 Å². The van der Waals surface area contributed by atoms with Crippen LogP contribution in [0.25, 0.3) is 0 Å². The Balaban J connectivity index is 0.000000307. The third-order valence-electron chi connectivity index (χ3n) is 6.10. The molecule has 0 saturated carbocycles. The summed E-state index contributed by atoms with van der Waals surface area (Å²) in [5, 5.41) is 35.4. The van der Waals surface area contributed by atoms with Gasteiger partial charge in [-0.2, -0.15) is 0 Å². The van der Waals surface area contributed by atoms with Crippen LogP contribution in [-0.4, -0.2) is 44.3 Å². The fourth-order valence-corrected chi connectivity index (χ4v) is 3.68. The predicted molar refractivity (Wildman–Crippen MR) is 145 cm³/mol. The van der Waals surface area contributed by atoms with Gasteiger partial charge in [0.2, 0.25) is 0 Å². The molecule has 0 fully saturated rings. The van der Waals surface area contributed by atoms with Crippen LogP contribution in [0.15, 0.2) is 97.1 Å². The molecule has 0 aromatic heterocycles. The van der Waals surface area contributed by atoms with Crippen LogP contribution in [0.2, 0.25) is 0 Å². The number of phenols is 1. The molecule has 0 saturated heterocycles. The molecule has 4 rings (SSSR count). The smallest absolute Gasteiger partial charge is 0.343 e. The zero-order valence-corrected chi connectivity index (χ0v) is 21.6. The highest BCUT2D eigenvalue weighted by Crippen LogP contribution is 2.33. The number of ether oxygens (including phenoxy) is 1. The van der Waals surface area contributed by atoms with Crippen molar-refractivity contribution in [3.05, 3.63) is 130 Å². The van der Waals surface area contributed by atoms with Crippen molar-refractivity contribution in [1.29, 1.82) is 0 Å². The predicted octanol–water partition coefficient (Wildman–Crippen LogP) is 5.72. The fraction of sp³-hybridized carbons (Fsp3) is 0.0968. The highest BCUT2D eigenvalue weighted by atomic mass is 16.5. The van der Waals surface area contributed by atoms with Crippen molar-refractivity contribution < 1.29 is 44.3 Å². The summed E-state index contributed by atoms with van der Waals surface area (Å²) in [5.41, 5.74) is 2.14. The molecule has 0 heterocycles. The van der Waals surface area contributed by atoms with Crippen LogP contribution < -0.4 is 4.74 Å². The van der Waals surface area contributed by atoms with Gasteiger partial charge in [0, 0.05) is 5.41 Å². The van der Waals surface area contributed by atoms with Gasteiger partial charge in [-0.3, -0.25) is 0 Å². The summed E-state index contributed by atoms with van der Waals surface area (Å²) in [7, 11) is 0. The number of benzene rings is 4. The maximum absolute atomic E-state index is 12.2. The molecule has 0 aliphatic carbocycles. The Bertz CT molecular complexity index is 1490. The number of rotatable bonds is 7. The number of phenolic OH excluding ortho intramolecular Hbond substituents is 1. The number of aromatic carboxylic acids is 3. The highest BCUT2D eigenvalue weighted by Gasteiger charge is 2.23. The standard InChI is InChI=1S/C23H20O5.C8H6O4/c1-23(2,17-7-11-19(24)12-8-17)18-9-13-20(14-10-18)28-22(27)16-5-3-15(4-6-16)21(25)26;9-7(10)5-2-1-3-6(4-5)8(11)12/h3-14,24H,1-2H3,(H,25,26);1-4H,(H,9,10)(H,11,12). The average Bonchev–Trinajstić information content (AvgIpc) is 2.94. The lowest BCUT2D eigenvalue weighted by Gasteiger charge is -2.26. The van der Waals surface area contributed by atoms with Gasteiger partial charge in [0.15, 0.2) is 0 Å². The second-order valence-electron chi connectivity index (χ2n) is 9.16. The molecule has 0 amide bonds. The highest BCUT2D eigenvalue weighted by molar-refractivity contribution is 5.94. The minimum Gasteiger partial charge on any atom is -0.508 e. The van der Waals surface area contributed by atoms with Crippen LogP contribution in [0.5, 0.6) is 11.5 Å². The normalized spacial score (nSPS) is 10.6. The second-order valence-corrected chi connectivity index (χ2v) is 9.16. The van der Waals surface area contributed by atoms with Gasteiger partial charge in [-0.1, -0.05) is 44.2 Å². The Hall–Kier alpha value is -5.44. The van der Waals surface area contributed by atoms with E-state index in [1.807, 2.05) is 24.3 Å². The molecule has 0 aliphatic heterocycles. The van der Waals surface area contributed by atoms with E-state index < -0.39 is 23.9 Å². The summed E-state index contributed by atoms with van der Waals surface area (Å²) in [4.78, 5) is 43.9. The average molecular weight is 543 g/mol. The first-order valence-electron chi connectivity index (χ1n) is 11.9. The Kier molecular flexibility index (Phi) is 9.03. The van der Waals surface area contributed by atoms with Crippen LogP contribution in [0.1, 0.15) is 66.4 Å². The number of esters is 1. The van der Waals surface area contributed by atoms with E-state index in [4.69, 9.17) is 20.1 Å². The SMILES string of the molecule is CC(C)(c1ccc(O)cc1)c1ccc(OC(=O)c2ccc(C(=O)O)cc2)cc1.O=C(O)c1cccc(C(=O)O)c1. The van der Waals surface area contributed by atoms with E-state index >= 15 is 0 Å². The summed E-state index contributed by atoms with van der Waals surface area (Å²) in [6, 6.07) is 25.1. The van der Waals surface area contributed by atoms with Gasteiger partial charge in [0.25, 0.3) is 0 Å². The second kappa shape index (κ2) is 12.4. The fourth-order valence-electron chi connectivity index (χ4n) is 3.68. The molecule has 4 N–H and O–H groups in total. The van der Waals surface area contributed by atoms with Crippen LogP contribution in [0.4, 0.5) is 0 Å². The first-order valence-corrected chi connectivity index (χ1v) is 11.9. The van der Waals surface area contributed by atoms with E-state index in [2.05, 4.69) is 13.8 Å². The number of aromatic hydroxyl groups is 1.